The van der Waals surface area contributed by atoms with Crippen molar-refractivity contribution in [2.24, 2.45) is 0 Å². The number of carbonyl (C=O) groups is 2. The van der Waals surface area contributed by atoms with Gasteiger partial charge >= 0.3 is 5.97 Å². The van der Waals surface area contributed by atoms with Crippen molar-refractivity contribution in [1.82, 2.24) is 0 Å². The van der Waals surface area contributed by atoms with Crippen LogP contribution < -0.4 is 14.8 Å². The van der Waals surface area contributed by atoms with Gasteiger partial charge in [-0.1, -0.05) is 18.2 Å². The van der Waals surface area contributed by atoms with E-state index >= 15 is 0 Å². The van der Waals surface area contributed by atoms with E-state index in [1.54, 1.807) is 62.8 Å². The number of hydrogen-bond donors (Lipinski definition) is 1. The molecule has 9 heteroatoms. The second-order valence-electron chi connectivity index (χ2n) is 7.71. The van der Waals surface area contributed by atoms with Crippen molar-refractivity contribution in [1.29, 1.82) is 5.26 Å². The molecule has 0 aliphatic rings. The number of amides is 1. The number of carbonyl (C=O) groups excluding carboxylic acids is 2. The molecular weight excluding hydrogens is 479 g/mol. The molecular formula is C28H21FN2O6. The Labute approximate surface area is 211 Å². The van der Waals surface area contributed by atoms with E-state index in [0.29, 0.717) is 33.9 Å². The standard InChI is InChI=1S/C28H21FN2O6/c1-34-21-10-6-17(7-11-21)25-23(15-30)27(37-26(25)18-8-12-22(35-2)13-9-18)31-24(32)16-36-28(33)19-4-3-5-20(29)14-19/h3-14H,16H2,1-2H3,(H,31,32). The van der Waals surface area contributed by atoms with Crippen LogP contribution in [0.1, 0.15) is 15.9 Å². The average molecular weight is 500 g/mol. The van der Waals surface area contributed by atoms with Crippen LogP contribution in [0.2, 0.25) is 0 Å². The lowest BCUT2D eigenvalue weighted by Gasteiger charge is -2.06. The highest BCUT2D eigenvalue weighted by molar-refractivity contribution is 5.98. The molecule has 4 aromatic rings. The van der Waals surface area contributed by atoms with Gasteiger partial charge in [0.15, 0.2) is 6.61 Å². The number of anilines is 1. The van der Waals surface area contributed by atoms with E-state index in [4.69, 9.17) is 18.6 Å². The second-order valence-corrected chi connectivity index (χ2v) is 7.71. The first-order valence-electron chi connectivity index (χ1n) is 11.0. The summed E-state index contributed by atoms with van der Waals surface area (Å²) in [6, 6.07) is 21.0. The molecule has 0 radical (unpaired) electrons. The van der Waals surface area contributed by atoms with E-state index in [9.17, 15) is 19.2 Å². The molecule has 0 saturated carbocycles. The van der Waals surface area contributed by atoms with Crippen LogP contribution in [0.25, 0.3) is 22.5 Å². The number of hydrogen-bond acceptors (Lipinski definition) is 7. The number of nitrogens with one attached hydrogen (secondary N) is 1. The third kappa shape index (κ3) is 5.60. The zero-order valence-corrected chi connectivity index (χ0v) is 19.9. The fourth-order valence-corrected chi connectivity index (χ4v) is 3.60. The van der Waals surface area contributed by atoms with Crippen molar-refractivity contribution < 1.29 is 32.6 Å². The number of furan rings is 1. The minimum absolute atomic E-state index is 0.0351. The minimum atomic E-state index is -0.868. The van der Waals surface area contributed by atoms with Crippen molar-refractivity contribution in [2.45, 2.75) is 0 Å². The summed E-state index contributed by atoms with van der Waals surface area (Å²) in [4.78, 5) is 24.7. The molecule has 186 valence electrons. The van der Waals surface area contributed by atoms with E-state index in [1.165, 1.54) is 18.2 Å². The van der Waals surface area contributed by atoms with Gasteiger partial charge in [0.25, 0.3) is 5.91 Å². The Kier molecular flexibility index (Phi) is 7.50. The largest absolute Gasteiger partial charge is 0.497 e. The zero-order chi connectivity index (χ0) is 26.4. The Morgan fingerprint density at radius 1 is 0.946 bits per heavy atom. The molecule has 0 saturated heterocycles. The predicted octanol–water partition coefficient (Wildman–Crippen LogP) is 5.44. The van der Waals surface area contributed by atoms with Gasteiger partial charge in [-0.25, -0.2) is 9.18 Å². The number of benzene rings is 3. The van der Waals surface area contributed by atoms with Gasteiger partial charge in [0.05, 0.1) is 19.8 Å². The smallest absolute Gasteiger partial charge is 0.338 e. The first-order chi connectivity index (χ1) is 17.9. The van der Waals surface area contributed by atoms with Crippen LogP contribution in [0.5, 0.6) is 11.5 Å². The topological polar surface area (TPSA) is 111 Å². The monoisotopic (exact) mass is 500 g/mol. The number of ether oxygens (including phenoxy) is 3. The van der Waals surface area contributed by atoms with E-state index in [1.807, 2.05) is 0 Å². The third-order valence-electron chi connectivity index (χ3n) is 5.40. The molecule has 0 spiro atoms. The maximum absolute atomic E-state index is 13.4. The molecule has 3 aromatic carbocycles. The molecule has 0 atom stereocenters. The molecule has 0 unspecified atom stereocenters. The van der Waals surface area contributed by atoms with Gasteiger partial charge in [0.2, 0.25) is 5.88 Å². The maximum Gasteiger partial charge on any atom is 0.338 e. The summed E-state index contributed by atoms with van der Waals surface area (Å²) in [5.41, 5.74) is 1.81. The molecule has 8 nitrogen and oxygen atoms in total. The maximum atomic E-state index is 13.4. The molecule has 0 aliphatic carbocycles. The van der Waals surface area contributed by atoms with Crippen molar-refractivity contribution in [3.63, 3.8) is 0 Å². The van der Waals surface area contributed by atoms with Crippen molar-refractivity contribution >= 4 is 17.8 Å². The van der Waals surface area contributed by atoms with Gasteiger partial charge in [-0.2, -0.15) is 5.26 Å². The summed E-state index contributed by atoms with van der Waals surface area (Å²) in [5.74, 6) is -0.710. The van der Waals surface area contributed by atoms with Gasteiger partial charge < -0.3 is 18.6 Å². The molecule has 1 heterocycles. The highest BCUT2D eigenvalue weighted by Gasteiger charge is 2.25. The number of nitriles is 1. The Morgan fingerprint density at radius 2 is 1.57 bits per heavy atom. The van der Waals surface area contributed by atoms with E-state index < -0.39 is 24.3 Å². The molecule has 0 aliphatic heterocycles. The molecule has 0 bridgehead atoms. The Morgan fingerprint density at radius 3 is 2.14 bits per heavy atom. The number of methoxy groups -OCH3 is 2. The Hall–Kier alpha value is -5.10. The van der Waals surface area contributed by atoms with Crippen molar-refractivity contribution in [2.75, 3.05) is 26.1 Å². The lowest BCUT2D eigenvalue weighted by atomic mass is 9.98. The molecule has 1 amide bonds. The lowest BCUT2D eigenvalue weighted by Crippen LogP contribution is -2.21. The van der Waals surface area contributed by atoms with E-state index in [-0.39, 0.29) is 17.0 Å². The number of halogens is 1. The van der Waals surface area contributed by atoms with Crippen LogP contribution in [-0.4, -0.2) is 32.7 Å². The lowest BCUT2D eigenvalue weighted by molar-refractivity contribution is -0.119. The van der Waals surface area contributed by atoms with Crippen molar-refractivity contribution in [3.05, 3.63) is 89.7 Å². The summed E-state index contributed by atoms with van der Waals surface area (Å²) in [6.45, 7) is -0.670. The summed E-state index contributed by atoms with van der Waals surface area (Å²) >= 11 is 0. The van der Waals surface area contributed by atoms with Crippen LogP contribution in [0.15, 0.2) is 77.2 Å². The highest BCUT2D eigenvalue weighted by atomic mass is 19.1. The number of rotatable bonds is 8. The van der Waals surface area contributed by atoms with Crippen LogP contribution in [0.4, 0.5) is 10.3 Å². The Balaban J connectivity index is 1.64. The first kappa shape index (κ1) is 25.0. The molecule has 1 aromatic heterocycles. The van der Waals surface area contributed by atoms with Crippen LogP contribution in [-0.2, 0) is 9.53 Å². The summed E-state index contributed by atoms with van der Waals surface area (Å²) in [7, 11) is 3.10. The van der Waals surface area contributed by atoms with Gasteiger partial charge in [0, 0.05) is 11.1 Å². The fraction of sp³-hybridized carbons (Fsp3) is 0.107. The molecule has 0 fully saturated rings. The summed E-state index contributed by atoms with van der Waals surface area (Å²) < 4.78 is 34.7. The minimum Gasteiger partial charge on any atom is -0.497 e. The highest BCUT2D eigenvalue weighted by Crippen LogP contribution is 2.42. The molecule has 37 heavy (non-hydrogen) atoms. The van der Waals surface area contributed by atoms with Crippen LogP contribution in [0.3, 0.4) is 0 Å². The van der Waals surface area contributed by atoms with Gasteiger partial charge in [-0.3, -0.25) is 10.1 Å². The van der Waals surface area contributed by atoms with Crippen LogP contribution >= 0.6 is 0 Å². The van der Waals surface area contributed by atoms with Gasteiger partial charge in [-0.15, -0.1) is 0 Å². The third-order valence-corrected chi connectivity index (χ3v) is 5.40. The van der Waals surface area contributed by atoms with Crippen molar-refractivity contribution in [3.8, 4) is 40.0 Å². The predicted molar refractivity (Wildman–Crippen MR) is 133 cm³/mol. The SMILES string of the molecule is COc1ccc(-c2oc(NC(=O)COC(=O)c3cccc(F)c3)c(C#N)c2-c2ccc(OC)cc2)cc1. The van der Waals surface area contributed by atoms with Crippen LogP contribution in [0, 0.1) is 17.1 Å². The Bertz CT molecular complexity index is 1470. The quantitative estimate of drug-likeness (QED) is 0.321. The molecule has 1 N–H and O–H groups in total. The first-order valence-corrected chi connectivity index (χ1v) is 11.0. The van der Waals surface area contributed by atoms with E-state index in [0.717, 1.165) is 6.07 Å². The second kappa shape index (κ2) is 11.1. The molecule has 4 rings (SSSR count). The summed E-state index contributed by atoms with van der Waals surface area (Å²) in [5, 5.41) is 12.5. The average Bonchev–Trinajstić information content (AvgIpc) is 3.29. The zero-order valence-electron chi connectivity index (χ0n) is 19.9. The van der Waals surface area contributed by atoms with Gasteiger partial charge in [-0.05, 0) is 60.2 Å². The normalized spacial score (nSPS) is 10.3. The fourth-order valence-electron chi connectivity index (χ4n) is 3.60. The number of esters is 1. The van der Waals surface area contributed by atoms with Gasteiger partial charge in [0.1, 0.15) is 34.7 Å². The summed E-state index contributed by atoms with van der Waals surface area (Å²) in [6.07, 6.45) is 0. The van der Waals surface area contributed by atoms with E-state index in [2.05, 4.69) is 11.4 Å². The number of nitrogens with zero attached hydrogens (tertiary/aromatic N) is 1.